The molecular weight excluding hydrogens is 296 g/mol. The highest BCUT2D eigenvalue weighted by atomic mass is 79.9. The van der Waals surface area contributed by atoms with Gasteiger partial charge in [0.25, 0.3) is 0 Å². The van der Waals surface area contributed by atoms with Crippen LogP contribution in [0.5, 0.6) is 0 Å². The fourth-order valence-corrected chi connectivity index (χ4v) is 1.80. The first-order valence-electron chi connectivity index (χ1n) is 5.55. The number of rotatable bonds is 3. The molecule has 0 heterocycles. The molecule has 0 fully saturated rings. The van der Waals surface area contributed by atoms with Crippen molar-refractivity contribution in [2.24, 2.45) is 0 Å². The smallest absolute Gasteiger partial charge is 0.338 e. The van der Waals surface area contributed by atoms with Gasteiger partial charge in [-0.1, -0.05) is 27.8 Å². The van der Waals surface area contributed by atoms with E-state index in [1.54, 1.807) is 26.2 Å². The van der Waals surface area contributed by atoms with Crippen molar-refractivity contribution in [1.82, 2.24) is 0 Å². The summed E-state index contributed by atoms with van der Waals surface area (Å²) in [5.74, 6) is 5.51. The summed E-state index contributed by atoms with van der Waals surface area (Å²) in [6.45, 7) is 4.44. The first kappa shape index (κ1) is 14.7. The van der Waals surface area contributed by atoms with Gasteiger partial charge in [0.15, 0.2) is 0 Å². The van der Waals surface area contributed by atoms with Crippen LogP contribution >= 0.6 is 15.9 Å². The zero-order valence-electron chi connectivity index (χ0n) is 10.7. The molecule has 0 spiro atoms. The normalized spacial score (nSPS) is 9.56. The number of halogens is 1. The van der Waals surface area contributed by atoms with Crippen LogP contribution in [0.1, 0.15) is 28.4 Å². The quantitative estimate of drug-likeness (QED) is 0.636. The Morgan fingerprint density at radius 3 is 2.78 bits per heavy atom. The van der Waals surface area contributed by atoms with Crippen molar-refractivity contribution < 1.29 is 14.3 Å². The van der Waals surface area contributed by atoms with Crippen LogP contribution in [0.25, 0.3) is 0 Å². The molecule has 1 aromatic rings. The van der Waals surface area contributed by atoms with Crippen molar-refractivity contribution in [3.8, 4) is 11.8 Å². The molecule has 0 bridgehead atoms. The van der Waals surface area contributed by atoms with Crippen molar-refractivity contribution >= 4 is 21.9 Å². The van der Waals surface area contributed by atoms with Crippen LogP contribution in [0.4, 0.5) is 0 Å². The third-order valence-electron chi connectivity index (χ3n) is 2.30. The van der Waals surface area contributed by atoms with Crippen LogP contribution in [0.15, 0.2) is 16.6 Å². The molecule has 0 aliphatic heterocycles. The van der Waals surface area contributed by atoms with Gasteiger partial charge in [-0.2, -0.15) is 0 Å². The fourth-order valence-electron chi connectivity index (χ4n) is 1.34. The zero-order valence-corrected chi connectivity index (χ0v) is 12.3. The summed E-state index contributed by atoms with van der Waals surface area (Å²) in [5.41, 5.74) is 2.28. The third-order valence-corrected chi connectivity index (χ3v) is 3.12. The second kappa shape index (κ2) is 7.20. The molecule has 0 saturated heterocycles. The molecule has 0 aliphatic carbocycles. The molecule has 1 rings (SSSR count). The molecule has 0 unspecified atom stereocenters. The van der Waals surface area contributed by atoms with E-state index in [-0.39, 0.29) is 5.97 Å². The summed E-state index contributed by atoms with van der Waals surface area (Å²) in [6.07, 6.45) is 0. The molecule has 0 atom stereocenters. The molecule has 0 aromatic heterocycles. The van der Waals surface area contributed by atoms with E-state index >= 15 is 0 Å². The predicted molar refractivity (Wildman–Crippen MR) is 73.6 cm³/mol. The zero-order chi connectivity index (χ0) is 13.5. The Bertz CT molecular complexity index is 498. The first-order valence-corrected chi connectivity index (χ1v) is 6.34. The molecule has 0 amide bonds. The van der Waals surface area contributed by atoms with Gasteiger partial charge in [0, 0.05) is 17.1 Å². The number of ether oxygens (including phenoxy) is 2. The summed E-state index contributed by atoms with van der Waals surface area (Å²) < 4.78 is 10.7. The second-order valence-electron chi connectivity index (χ2n) is 3.59. The number of hydrogen-bond donors (Lipinski definition) is 0. The fraction of sp³-hybridized carbons (Fsp3) is 0.357. The molecule has 0 N–H and O–H groups in total. The van der Waals surface area contributed by atoms with E-state index in [0.717, 1.165) is 15.6 Å². The van der Waals surface area contributed by atoms with Crippen molar-refractivity contribution in [2.75, 3.05) is 20.3 Å². The van der Waals surface area contributed by atoms with Gasteiger partial charge in [-0.25, -0.2) is 4.79 Å². The summed E-state index contributed by atoms with van der Waals surface area (Å²) in [6, 6.07) is 3.48. The summed E-state index contributed by atoms with van der Waals surface area (Å²) in [4.78, 5) is 11.7. The van der Waals surface area contributed by atoms with Crippen molar-refractivity contribution in [1.29, 1.82) is 0 Å². The van der Waals surface area contributed by atoms with Gasteiger partial charge in [0.05, 0.1) is 12.2 Å². The SMILES string of the molecule is CCOC(=O)c1cc(Br)c(C)c(C#CCOC)c1. The lowest BCUT2D eigenvalue weighted by atomic mass is 10.1. The standard InChI is InChI=1S/C14H15BrO3/c1-4-18-14(16)12-8-11(6-5-7-17-3)10(2)13(15)9-12/h8-9H,4,7H2,1-3H3. The van der Waals surface area contributed by atoms with Crippen molar-refractivity contribution in [3.63, 3.8) is 0 Å². The van der Waals surface area contributed by atoms with Crippen LogP contribution in [0.3, 0.4) is 0 Å². The summed E-state index contributed by atoms with van der Waals surface area (Å²) in [7, 11) is 1.59. The maximum atomic E-state index is 11.7. The maximum Gasteiger partial charge on any atom is 0.338 e. The Balaban J connectivity index is 3.11. The number of methoxy groups -OCH3 is 1. The van der Waals surface area contributed by atoms with Crippen molar-refractivity contribution in [3.05, 3.63) is 33.3 Å². The van der Waals surface area contributed by atoms with E-state index < -0.39 is 0 Å². The molecule has 0 saturated carbocycles. The van der Waals surface area contributed by atoms with E-state index in [1.807, 2.05) is 6.92 Å². The number of esters is 1. The highest BCUT2D eigenvalue weighted by molar-refractivity contribution is 9.10. The molecule has 3 nitrogen and oxygen atoms in total. The lowest BCUT2D eigenvalue weighted by molar-refractivity contribution is 0.0526. The minimum absolute atomic E-state index is 0.340. The highest BCUT2D eigenvalue weighted by Crippen LogP contribution is 2.22. The van der Waals surface area contributed by atoms with E-state index in [1.165, 1.54) is 0 Å². The third kappa shape index (κ3) is 3.86. The minimum atomic E-state index is -0.340. The topological polar surface area (TPSA) is 35.5 Å². The predicted octanol–water partition coefficient (Wildman–Crippen LogP) is 2.93. The number of carbonyl (C=O) groups excluding carboxylic acids is 1. The number of benzene rings is 1. The molecule has 0 radical (unpaired) electrons. The molecule has 0 aliphatic rings. The molecule has 96 valence electrons. The van der Waals surface area contributed by atoms with Gasteiger partial charge in [-0.15, -0.1) is 0 Å². The van der Waals surface area contributed by atoms with Gasteiger partial charge in [0.2, 0.25) is 0 Å². The Labute approximate surface area is 116 Å². The molecule has 18 heavy (non-hydrogen) atoms. The van der Waals surface area contributed by atoms with Gasteiger partial charge in [-0.05, 0) is 31.5 Å². The van der Waals surface area contributed by atoms with E-state index in [9.17, 15) is 4.79 Å². The molecule has 1 aromatic carbocycles. The van der Waals surface area contributed by atoms with Gasteiger partial charge in [-0.3, -0.25) is 0 Å². The Morgan fingerprint density at radius 2 is 2.17 bits per heavy atom. The van der Waals surface area contributed by atoms with Crippen LogP contribution in [-0.4, -0.2) is 26.3 Å². The van der Waals surface area contributed by atoms with Gasteiger partial charge in [0.1, 0.15) is 6.61 Å². The Morgan fingerprint density at radius 1 is 1.44 bits per heavy atom. The van der Waals surface area contributed by atoms with Crippen LogP contribution < -0.4 is 0 Å². The largest absolute Gasteiger partial charge is 0.462 e. The van der Waals surface area contributed by atoms with Gasteiger partial charge >= 0.3 is 5.97 Å². The maximum absolute atomic E-state index is 11.7. The average molecular weight is 311 g/mol. The first-order chi connectivity index (χ1) is 8.60. The lowest BCUT2D eigenvalue weighted by Gasteiger charge is -2.06. The number of hydrogen-bond acceptors (Lipinski definition) is 3. The van der Waals surface area contributed by atoms with Crippen LogP contribution in [0, 0.1) is 18.8 Å². The summed E-state index contributed by atoms with van der Waals surface area (Å²) in [5, 5.41) is 0. The van der Waals surface area contributed by atoms with E-state index in [2.05, 4.69) is 27.8 Å². The Hall–Kier alpha value is -1.31. The Kier molecular flexibility index (Phi) is 5.90. The number of carbonyl (C=O) groups is 1. The summed E-state index contributed by atoms with van der Waals surface area (Å²) >= 11 is 3.42. The van der Waals surface area contributed by atoms with E-state index in [4.69, 9.17) is 9.47 Å². The lowest BCUT2D eigenvalue weighted by Crippen LogP contribution is -2.05. The second-order valence-corrected chi connectivity index (χ2v) is 4.44. The minimum Gasteiger partial charge on any atom is -0.462 e. The molecule has 4 heteroatoms. The average Bonchev–Trinajstić information content (AvgIpc) is 2.34. The van der Waals surface area contributed by atoms with Crippen molar-refractivity contribution in [2.45, 2.75) is 13.8 Å². The van der Waals surface area contributed by atoms with Crippen LogP contribution in [0.2, 0.25) is 0 Å². The highest BCUT2D eigenvalue weighted by Gasteiger charge is 2.11. The van der Waals surface area contributed by atoms with Crippen LogP contribution in [-0.2, 0) is 9.47 Å². The van der Waals surface area contributed by atoms with E-state index in [0.29, 0.717) is 18.8 Å². The molecular formula is C14H15BrO3. The monoisotopic (exact) mass is 310 g/mol. The van der Waals surface area contributed by atoms with Gasteiger partial charge < -0.3 is 9.47 Å².